The molecule has 1 heterocycles. The van der Waals surface area contributed by atoms with Crippen molar-refractivity contribution in [2.45, 2.75) is 59.9 Å². The van der Waals surface area contributed by atoms with Crippen LogP contribution >= 0.6 is 0 Å². The molecule has 0 spiro atoms. The zero-order valence-electron chi connectivity index (χ0n) is 15.6. The molecule has 24 heavy (non-hydrogen) atoms. The average Bonchev–Trinajstić information content (AvgIpc) is 2.92. The fraction of sp³-hybridized carbons (Fsp3) is 0.600. The monoisotopic (exact) mass is 330 g/mol. The Balaban J connectivity index is 1.94. The predicted molar refractivity (Wildman–Crippen MR) is 97.8 cm³/mol. The number of rotatable bonds is 5. The summed E-state index contributed by atoms with van der Waals surface area (Å²) in [4.78, 5) is 25.9. The zero-order valence-corrected chi connectivity index (χ0v) is 15.6. The molecule has 2 unspecified atom stereocenters. The second-order valence-corrected chi connectivity index (χ2v) is 8.00. The number of hydrogen-bond donors (Lipinski definition) is 1. The van der Waals surface area contributed by atoms with E-state index in [4.69, 9.17) is 0 Å². The van der Waals surface area contributed by atoms with Crippen LogP contribution in [-0.4, -0.2) is 18.4 Å². The lowest BCUT2D eigenvalue weighted by atomic mass is 9.80. The number of carbonyl (C=O) groups is 2. The molecule has 0 bridgehead atoms. The standard InChI is InChI=1S/C20H30N2O2/c1-14(20(3,4)5)13-18(23)21-15(2)16-8-10-17(11-9-16)22-12-6-7-19(22)24/h8-11,14-15H,6-7,12-13H2,1-5H3,(H,21,23). The van der Waals surface area contributed by atoms with E-state index in [1.165, 1.54) is 0 Å². The van der Waals surface area contributed by atoms with Crippen LogP contribution in [0.2, 0.25) is 0 Å². The van der Waals surface area contributed by atoms with Crippen molar-refractivity contribution in [3.05, 3.63) is 29.8 Å². The molecule has 0 radical (unpaired) electrons. The van der Waals surface area contributed by atoms with E-state index in [9.17, 15) is 9.59 Å². The second-order valence-electron chi connectivity index (χ2n) is 8.00. The molecule has 0 aromatic heterocycles. The zero-order chi connectivity index (χ0) is 17.9. The quantitative estimate of drug-likeness (QED) is 0.885. The lowest BCUT2D eigenvalue weighted by molar-refractivity contribution is -0.123. The van der Waals surface area contributed by atoms with E-state index in [1.54, 1.807) is 0 Å². The molecule has 1 aliphatic heterocycles. The maximum Gasteiger partial charge on any atom is 0.227 e. The molecule has 2 rings (SSSR count). The summed E-state index contributed by atoms with van der Waals surface area (Å²) >= 11 is 0. The molecule has 0 aliphatic carbocycles. The molecule has 1 fully saturated rings. The van der Waals surface area contributed by atoms with E-state index in [0.717, 1.165) is 24.2 Å². The number of nitrogens with zero attached hydrogens (tertiary/aromatic N) is 1. The van der Waals surface area contributed by atoms with Gasteiger partial charge in [-0.05, 0) is 42.4 Å². The van der Waals surface area contributed by atoms with Crippen LogP contribution < -0.4 is 10.2 Å². The minimum atomic E-state index is -0.0343. The van der Waals surface area contributed by atoms with Crippen molar-refractivity contribution in [2.24, 2.45) is 11.3 Å². The summed E-state index contributed by atoms with van der Waals surface area (Å²) in [6, 6.07) is 7.91. The molecule has 2 amide bonds. The molecular weight excluding hydrogens is 300 g/mol. The van der Waals surface area contributed by atoms with Crippen LogP contribution in [0.1, 0.15) is 65.5 Å². The van der Waals surface area contributed by atoms with Gasteiger partial charge >= 0.3 is 0 Å². The summed E-state index contributed by atoms with van der Waals surface area (Å²) in [7, 11) is 0. The highest BCUT2D eigenvalue weighted by molar-refractivity contribution is 5.95. The van der Waals surface area contributed by atoms with Crippen molar-refractivity contribution in [1.82, 2.24) is 5.32 Å². The van der Waals surface area contributed by atoms with Gasteiger partial charge in [0.2, 0.25) is 11.8 Å². The first-order valence-corrected chi connectivity index (χ1v) is 8.88. The first-order valence-electron chi connectivity index (χ1n) is 8.88. The topological polar surface area (TPSA) is 49.4 Å². The van der Waals surface area contributed by atoms with E-state index in [-0.39, 0.29) is 23.3 Å². The highest BCUT2D eigenvalue weighted by Crippen LogP contribution is 2.28. The summed E-state index contributed by atoms with van der Waals surface area (Å²) in [6.07, 6.45) is 2.10. The van der Waals surface area contributed by atoms with Crippen molar-refractivity contribution in [3.8, 4) is 0 Å². The van der Waals surface area contributed by atoms with Gasteiger partial charge in [-0.2, -0.15) is 0 Å². The van der Waals surface area contributed by atoms with Crippen LogP contribution in [-0.2, 0) is 9.59 Å². The Hall–Kier alpha value is -1.84. The molecular formula is C20H30N2O2. The Morgan fingerprint density at radius 1 is 1.21 bits per heavy atom. The molecule has 132 valence electrons. The molecule has 1 saturated heterocycles. The van der Waals surface area contributed by atoms with Crippen LogP contribution in [0, 0.1) is 11.3 Å². The van der Waals surface area contributed by atoms with Gasteiger partial charge in [0.05, 0.1) is 6.04 Å². The molecule has 1 aromatic rings. The Bertz CT molecular complexity index is 587. The highest BCUT2D eigenvalue weighted by atomic mass is 16.2. The smallest absolute Gasteiger partial charge is 0.227 e. The third-order valence-corrected chi connectivity index (χ3v) is 5.13. The average molecular weight is 330 g/mol. The van der Waals surface area contributed by atoms with Crippen LogP contribution in [0.3, 0.4) is 0 Å². The van der Waals surface area contributed by atoms with Crippen molar-refractivity contribution in [3.63, 3.8) is 0 Å². The van der Waals surface area contributed by atoms with Gasteiger partial charge < -0.3 is 10.2 Å². The van der Waals surface area contributed by atoms with E-state index in [2.05, 4.69) is 33.0 Å². The van der Waals surface area contributed by atoms with E-state index in [0.29, 0.717) is 18.8 Å². The first-order chi connectivity index (χ1) is 11.2. The molecule has 4 nitrogen and oxygen atoms in total. The second kappa shape index (κ2) is 7.37. The number of carbonyl (C=O) groups excluding carboxylic acids is 2. The van der Waals surface area contributed by atoms with Crippen molar-refractivity contribution in [1.29, 1.82) is 0 Å². The largest absolute Gasteiger partial charge is 0.350 e. The van der Waals surface area contributed by atoms with Gasteiger partial charge in [0.1, 0.15) is 0 Å². The summed E-state index contributed by atoms with van der Waals surface area (Å²) in [5.74, 6) is 0.609. The van der Waals surface area contributed by atoms with E-state index in [1.807, 2.05) is 36.1 Å². The van der Waals surface area contributed by atoms with Gasteiger partial charge in [-0.1, -0.05) is 39.8 Å². The molecule has 1 aliphatic rings. The van der Waals surface area contributed by atoms with Crippen LogP contribution in [0.5, 0.6) is 0 Å². The Kier molecular flexibility index (Phi) is 5.68. The van der Waals surface area contributed by atoms with Crippen molar-refractivity contribution >= 4 is 17.5 Å². The maximum atomic E-state index is 12.2. The SMILES string of the molecule is CC(NC(=O)CC(C)C(C)(C)C)c1ccc(N2CCCC2=O)cc1. The fourth-order valence-corrected chi connectivity index (χ4v) is 2.83. The molecule has 2 atom stereocenters. The minimum Gasteiger partial charge on any atom is -0.350 e. The van der Waals surface area contributed by atoms with Crippen LogP contribution in [0.25, 0.3) is 0 Å². The summed E-state index contributed by atoms with van der Waals surface area (Å²) in [5.41, 5.74) is 2.13. The van der Waals surface area contributed by atoms with E-state index >= 15 is 0 Å². The van der Waals surface area contributed by atoms with E-state index < -0.39 is 0 Å². The van der Waals surface area contributed by atoms with Gasteiger partial charge in [0, 0.05) is 25.1 Å². The lowest BCUT2D eigenvalue weighted by Gasteiger charge is -2.27. The normalized spacial score (nSPS) is 17.7. The van der Waals surface area contributed by atoms with Gasteiger partial charge in [-0.15, -0.1) is 0 Å². The predicted octanol–water partition coefficient (Wildman–Crippen LogP) is 4.06. The maximum absolute atomic E-state index is 12.2. The van der Waals surface area contributed by atoms with Crippen LogP contribution in [0.15, 0.2) is 24.3 Å². The van der Waals surface area contributed by atoms with Gasteiger partial charge in [0.15, 0.2) is 0 Å². The molecule has 1 N–H and O–H groups in total. The molecule has 1 aromatic carbocycles. The highest BCUT2D eigenvalue weighted by Gasteiger charge is 2.24. The number of hydrogen-bond acceptors (Lipinski definition) is 2. The number of nitrogens with one attached hydrogen (secondary N) is 1. The summed E-state index contributed by atoms with van der Waals surface area (Å²) in [6.45, 7) is 11.4. The van der Waals surface area contributed by atoms with Gasteiger partial charge in [-0.3, -0.25) is 9.59 Å². The third kappa shape index (κ3) is 4.59. The lowest BCUT2D eigenvalue weighted by Crippen LogP contribution is -2.31. The summed E-state index contributed by atoms with van der Waals surface area (Å²) in [5, 5.41) is 3.08. The number of anilines is 1. The number of benzene rings is 1. The molecule has 4 heteroatoms. The first kappa shape index (κ1) is 18.5. The summed E-state index contributed by atoms with van der Waals surface area (Å²) < 4.78 is 0. The van der Waals surface area contributed by atoms with Crippen LogP contribution in [0.4, 0.5) is 5.69 Å². The van der Waals surface area contributed by atoms with Gasteiger partial charge in [0.25, 0.3) is 0 Å². The molecule has 0 saturated carbocycles. The van der Waals surface area contributed by atoms with Gasteiger partial charge in [-0.25, -0.2) is 0 Å². The Morgan fingerprint density at radius 2 is 1.83 bits per heavy atom. The Labute approximate surface area is 145 Å². The Morgan fingerprint density at radius 3 is 2.33 bits per heavy atom. The number of amides is 2. The minimum absolute atomic E-state index is 0.0343. The van der Waals surface area contributed by atoms with Crippen molar-refractivity contribution < 1.29 is 9.59 Å². The van der Waals surface area contributed by atoms with Crippen molar-refractivity contribution in [2.75, 3.05) is 11.4 Å². The fourth-order valence-electron chi connectivity index (χ4n) is 2.83. The third-order valence-electron chi connectivity index (χ3n) is 5.13.